The predicted molar refractivity (Wildman–Crippen MR) is 53.3 cm³/mol. The minimum absolute atomic E-state index is 0.554. The molecule has 0 aliphatic heterocycles. The van der Waals surface area contributed by atoms with Crippen LogP contribution in [0.25, 0.3) is 0 Å². The number of hydrogen-bond acceptors (Lipinski definition) is 2. The highest BCUT2D eigenvalue weighted by Gasteiger charge is 1.92. The molecule has 0 aliphatic carbocycles. The lowest BCUT2D eigenvalue weighted by molar-refractivity contribution is 0.465. The summed E-state index contributed by atoms with van der Waals surface area (Å²) in [4.78, 5) is 0. The maximum Gasteiger partial charge on any atom is 0.0798 e. The van der Waals surface area contributed by atoms with Gasteiger partial charge in [-0.1, -0.05) is 19.3 Å². The van der Waals surface area contributed by atoms with E-state index in [9.17, 15) is 0 Å². The topological polar surface area (TPSA) is 32.3 Å². The lowest BCUT2D eigenvalue weighted by Gasteiger charge is -2.08. The molecule has 2 nitrogen and oxygen atoms in total. The quantitative estimate of drug-likeness (QED) is 0.481. The predicted octanol–water partition coefficient (Wildman–Crippen LogP) is 1.92. The number of nitrogens with one attached hydrogen (secondary N) is 1. The van der Waals surface area contributed by atoms with Gasteiger partial charge in [-0.05, 0) is 18.9 Å². The molecular formula is C9H16BNO. The zero-order valence-electron chi connectivity index (χ0n) is 7.80. The third-order valence-electron chi connectivity index (χ3n) is 1.56. The molecule has 2 radical (unpaired) electrons. The maximum atomic E-state index is 8.60. The van der Waals surface area contributed by atoms with Crippen LogP contribution in [0.4, 0.5) is 0 Å². The molecule has 0 aromatic rings. The highest BCUT2D eigenvalue weighted by Crippen LogP contribution is 1.98. The van der Waals surface area contributed by atoms with E-state index in [0.717, 1.165) is 24.0 Å². The van der Waals surface area contributed by atoms with E-state index in [0.29, 0.717) is 12.9 Å². The first-order valence-electron chi connectivity index (χ1n) is 4.17. The van der Waals surface area contributed by atoms with Gasteiger partial charge in [0.2, 0.25) is 0 Å². The van der Waals surface area contributed by atoms with Crippen molar-refractivity contribution < 1.29 is 5.11 Å². The Labute approximate surface area is 75.8 Å². The van der Waals surface area contributed by atoms with Crippen LogP contribution in [-0.2, 0) is 0 Å². The third kappa shape index (κ3) is 4.88. The van der Waals surface area contributed by atoms with Gasteiger partial charge in [0, 0.05) is 12.2 Å². The first-order chi connectivity index (χ1) is 5.74. The molecule has 2 N–H and O–H groups in total. The van der Waals surface area contributed by atoms with Gasteiger partial charge in [-0.15, -0.1) is 0 Å². The average molecular weight is 165 g/mol. The van der Waals surface area contributed by atoms with Crippen LogP contribution in [0.2, 0.25) is 6.32 Å². The number of aliphatic hydroxyl groups is 1. The van der Waals surface area contributed by atoms with Gasteiger partial charge < -0.3 is 10.4 Å². The summed E-state index contributed by atoms with van der Waals surface area (Å²) in [7, 11) is 5.36. The molecular weight excluding hydrogens is 149 g/mol. The van der Waals surface area contributed by atoms with Crippen LogP contribution in [0.15, 0.2) is 23.6 Å². The number of rotatable bonds is 5. The minimum atomic E-state index is 0.554. The molecule has 0 bridgehead atoms. The van der Waals surface area contributed by atoms with E-state index in [4.69, 9.17) is 13.0 Å². The van der Waals surface area contributed by atoms with E-state index in [1.807, 2.05) is 13.0 Å². The summed E-state index contributed by atoms with van der Waals surface area (Å²) in [5.41, 5.74) is 2.03. The molecule has 0 spiro atoms. The first-order valence-corrected chi connectivity index (χ1v) is 4.17. The van der Waals surface area contributed by atoms with Gasteiger partial charge in [-0.3, -0.25) is 0 Å². The standard InChI is InChI=1S/C9H16BNO/c1-3-9(4-5-10)11-6-8(2)7-12/h4,7,11-12H,3,5-6H2,1-2H3/b8-7+,9-4+. The second-order valence-electron chi connectivity index (χ2n) is 2.65. The zero-order valence-corrected chi connectivity index (χ0v) is 7.80. The van der Waals surface area contributed by atoms with Crippen LogP contribution >= 0.6 is 0 Å². The van der Waals surface area contributed by atoms with Crippen molar-refractivity contribution in [1.82, 2.24) is 5.32 Å². The third-order valence-corrected chi connectivity index (χ3v) is 1.56. The molecule has 0 aromatic carbocycles. The van der Waals surface area contributed by atoms with Crippen molar-refractivity contribution in [3.8, 4) is 0 Å². The Balaban J connectivity index is 3.81. The van der Waals surface area contributed by atoms with Crippen molar-refractivity contribution in [1.29, 1.82) is 0 Å². The van der Waals surface area contributed by atoms with Gasteiger partial charge in [0.15, 0.2) is 0 Å². The minimum Gasteiger partial charge on any atom is -0.516 e. The van der Waals surface area contributed by atoms with Crippen molar-refractivity contribution in [2.75, 3.05) is 6.54 Å². The van der Waals surface area contributed by atoms with Crippen molar-refractivity contribution in [2.45, 2.75) is 26.6 Å². The van der Waals surface area contributed by atoms with Gasteiger partial charge in [0.25, 0.3) is 0 Å². The lowest BCUT2D eigenvalue weighted by atomic mass is 10.0. The lowest BCUT2D eigenvalue weighted by Crippen LogP contribution is -2.15. The van der Waals surface area contributed by atoms with E-state index < -0.39 is 0 Å². The van der Waals surface area contributed by atoms with Gasteiger partial charge in [-0.2, -0.15) is 0 Å². The second-order valence-corrected chi connectivity index (χ2v) is 2.65. The largest absolute Gasteiger partial charge is 0.516 e. The summed E-state index contributed by atoms with van der Waals surface area (Å²) in [6, 6.07) is 0. The summed E-state index contributed by atoms with van der Waals surface area (Å²) >= 11 is 0. The van der Waals surface area contributed by atoms with Crippen LogP contribution in [0, 0.1) is 0 Å². The molecule has 0 saturated heterocycles. The van der Waals surface area contributed by atoms with Gasteiger partial charge >= 0.3 is 0 Å². The molecule has 0 rings (SSSR count). The molecule has 0 amide bonds. The molecule has 0 heterocycles. The van der Waals surface area contributed by atoms with Crippen LogP contribution in [0.5, 0.6) is 0 Å². The van der Waals surface area contributed by atoms with Crippen LogP contribution in [-0.4, -0.2) is 19.5 Å². The zero-order chi connectivity index (χ0) is 9.40. The first kappa shape index (κ1) is 11.1. The fraction of sp³-hybridized carbons (Fsp3) is 0.556. The fourth-order valence-corrected chi connectivity index (χ4v) is 0.782. The normalized spacial score (nSPS) is 13.2. The Morgan fingerprint density at radius 1 is 1.58 bits per heavy atom. The molecule has 0 atom stereocenters. The van der Waals surface area contributed by atoms with E-state index in [1.54, 1.807) is 0 Å². The Hall–Kier alpha value is -0.855. The Morgan fingerprint density at radius 3 is 2.67 bits per heavy atom. The van der Waals surface area contributed by atoms with Gasteiger partial charge in [-0.25, -0.2) is 0 Å². The average Bonchev–Trinajstić information content (AvgIpc) is 2.11. The second kappa shape index (κ2) is 6.83. The molecule has 66 valence electrons. The highest BCUT2D eigenvalue weighted by molar-refractivity contribution is 6.09. The Morgan fingerprint density at radius 2 is 2.25 bits per heavy atom. The van der Waals surface area contributed by atoms with Crippen LogP contribution < -0.4 is 5.32 Å². The molecule has 0 aromatic heterocycles. The van der Waals surface area contributed by atoms with Crippen molar-refractivity contribution in [3.63, 3.8) is 0 Å². The SMILES string of the molecule is [B]C/C=C(\CC)NC/C(C)=C/O. The molecule has 0 fully saturated rings. The highest BCUT2D eigenvalue weighted by atomic mass is 16.2. The molecule has 0 unspecified atom stereocenters. The molecule has 12 heavy (non-hydrogen) atoms. The Kier molecular flexibility index (Phi) is 6.34. The summed E-state index contributed by atoms with van der Waals surface area (Å²) in [5, 5.41) is 11.8. The van der Waals surface area contributed by atoms with E-state index in [2.05, 4.69) is 12.2 Å². The summed E-state index contributed by atoms with van der Waals surface area (Å²) in [6.07, 6.45) is 4.56. The number of aliphatic hydroxyl groups excluding tert-OH is 1. The van der Waals surface area contributed by atoms with Gasteiger partial charge in [0.05, 0.1) is 14.1 Å². The van der Waals surface area contributed by atoms with Crippen LogP contribution in [0.3, 0.4) is 0 Å². The smallest absolute Gasteiger partial charge is 0.0798 e. The molecule has 3 heteroatoms. The van der Waals surface area contributed by atoms with Crippen molar-refractivity contribution >= 4 is 7.85 Å². The Bertz CT molecular complexity index is 175. The van der Waals surface area contributed by atoms with E-state index in [-0.39, 0.29) is 0 Å². The van der Waals surface area contributed by atoms with E-state index >= 15 is 0 Å². The molecule has 0 aliphatic rings. The summed E-state index contributed by atoms with van der Waals surface area (Å²) < 4.78 is 0. The number of hydrogen-bond donors (Lipinski definition) is 2. The van der Waals surface area contributed by atoms with E-state index in [1.165, 1.54) is 0 Å². The molecule has 0 saturated carbocycles. The fourth-order valence-electron chi connectivity index (χ4n) is 0.782. The maximum absolute atomic E-state index is 8.60. The van der Waals surface area contributed by atoms with Gasteiger partial charge in [0.1, 0.15) is 0 Å². The van der Waals surface area contributed by atoms with Crippen LogP contribution in [0.1, 0.15) is 20.3 Å². The monoisotopic (exact) mass is 165 g/mol. The summed E-state index contributed by atoms with van der Waals surface area (Å²) in [6.45, 7) is 4.60. The summed E-state index contributed by atoms with van der Waals surface area (Å²) in [5.74, 6) is 0. The van der Waals surface area contributed by atoms with Crippen molar-refractivity contribution in [2.24, 2.45) is 0 Å². The number of allylic oxidation sites excluding steroid dienone is 2. The van der Waals surface area contributed by atoms with Crippen molar-refractivity contribution in [3.05, 3.63) is 23.6 Å².